The lowest BCUT2D eigenvalue weighted by atomic mass is 10.2. The number of nitrogens with two attached hydrogens (primary N) is 1. The minimum Gasteiger partial charge on any atom is -0.444 e. The van der Waals surface area contributed by atoms with E-state index in [9.17, 15) is 14.9 Å². The lowest BCUT2D eigenvalue weighted by molar-refractivity contribution is -0.384. The van der Waals surface area contributed by atoms with E-state index >= 15 is 0 Å². The number of H-pyrrole nitrogens is 1. The Balaban J connectivity index is 2.13. The predicted molar refractivity (Wildman–Crippen MR) is 93.8 cm³/mol. The van der Waals surface area contributed by atoms with Crippen LogP contribution in [0.4, 0.5) is 10.5 Å². The molecule has 2 aromatic rings. The molecule has 1 unspecified atom stereocenters. The molecule has 2 rings (SSSR count). The first-order valence-electron chi connectivity index (χ1n) is 7.26. The average Bonchev–Trinajstić information content (AvgIpc) is 2.87. The molecule has 1 amide bonds. The highest BCUT2D eigenvalue weighted by molar-refractivity contribution is 9.10. The van der Waals surface area contributed by atoms with Crippen molar-refractivity contribution in [2.24, 2.45) is 5.73 Å². The molecule has 4 N–H and O–H groups in total. The molecule has 1 aromatic heterocycles. The Kier molecular flexibility index (Phi) is 5.14. The molecule has 0 bridgehead atoms. The number of nitrogens with one attached hydrogen (secondary N) is 2. The van der Waals surface area contributed by atoms with E-state index in [-0.39, 0.29) is 12.2 Å². The zero-order valence-corrected chi connectivity index (χ0v) is 15.1. The number of aromatic nitrogens is 1. The number of alkyl carbamates (subject to hydrolysis) is 1. The number of rotatable bonds is 4. The maximum absolute atomic E-state index is 11.7. The van der Waals surface area contributed by atoms with Crippen LogP contribution in [0.3, 0.4) is 0 Å². The van der Waals surface area contributed by atoms with Crippen molar-refractivity contribution in [2.75, 3.05) is 6.54 Å². The van der Waals surface area contributed by atoms with Crippen LogP contribution in [0.2, 0.25) is 0 Å². The Hall–Kier alpha value is -2.13. The van der Waals surface area contributed by atoms with Crippen LogP contribution < -0.4 is 11.1 Å². The van der Waals surface area contributed by atoms with Crippen LogP contribution in [-0.2, 0) is 4.74 Å². The summed E-state index contributed by atoms with van der Waals surface area (Å²) in [6, 6.07) is 4.12. The smallest absolute Gasteiger partial charge is 0.407 e. The fraction of sp³-hybridized carbons (Fsp3) is 0.400. The summed E-state index contributed by atoms with van der Waals surface area (Å²) in [6.45, 7) is 5.49. The highest BCUT2D eigenvalue weighted by Crippen LogP contribution is 2.30. The summed E-state index contributed by atoms with van der Waals surface area (Å²) in [5, 5.41) is 14.2. The number of hydrogen-bond donors (Lipinski definition) is 3. The molecule has 1 atom stereocenters. The molecule has 0 aliphatic carbocycles. The number of ether oxygens (including phenoxy) is 1. The van der Waals surface area contributed by atoms with Crippen LogP contribution in [0.25, 0.3) is 10.9 Å². The minimum atomic E-state index is -0.584. The molecule has 1 heterocycles. The second-order valence-electron chi connectivity index (χ2n) is 6.36. The van der Waals surface area contributed by atoms with Gasteiger partial charge in [-0.25, -0.2) is 4.79 Å². The number of nitro groups is 1. The number of nitrogens with zero attached hydrogens (tertiary/aromatic N) is 1. The van der Waals surface area contributed by atoms with Crippen molar-refractivity contribution in [2.45, 2.75) is 32.4 Å². The second-order valence-corrected chi connectivity index (χ2v) is 7.22. The molecule has 0 aliphatic heterocycles. The van der Waals surface area contributed by atoms with Gasteiger partial charge in [-0.15, -0.1) is 0 Å². The lowest BCUT2D eigenvalue weighted by Crippen LogP contribution is -2.36. The number of fused-ring (bicyclic) bond motifs is 1. The Morgan fingerprint density at radius 2 is 2.12 bits per heavy atom. The molecular weight excluding hydrogens is 380 g/mol. The summed E-state index contributed by atoms with van der Waals surface area (Å²) in [4.78, 5) is 25.2. The Bertz CT molecular complexity index is 782. The molecule has 0 fully saturated rings. The fourth-order valence-electron chi connectivity index (χ4n) is 2.13. The largest absolute Gasteiger partial charge is 0.444 e. The van der Waals surface area contributed by atoms with Gasteiger partial charge in [0.05, 0.1) is 16.5 Å². The van der Waals surface area contributed by atoms with Crippen LogP contribution in [0, 0.1) is 10.1 Å². The van der Waals surface area contributed by atoms with E-state index in [1.165, 1.54) is 12.1 Å². The maximum Gasteiger partial charge on any atom is 0.407 e. The van der Waals surface area contributed by atoms with Crippen LogP contribution in [-0.4, -0.2) is 28.1 Å². The van der Waals surface area contributed by atoms with E-state index in [4.69, 9.17) is 10.5 Å². The number of nitro benzene ring substituents is 1. The number of non-ortho nitro benzene ring substituents is 1. The van der Waals surface area contributed by atoms with Crippen molar-refractivity contribution in [1.29, 1.82) is 0 Å². The van der Waals surface area contributed by atoms with Gasteiger partial charge < -0.3 is 20.8 Å². The van der Waals surface area contributed by atoms with Crippen molar-refractivity contribution >= 4 is 38.6 Å². The summed E-state index contributed by atoms with van der Waals surface area (Å²) in [5.41, 5.74) is 6.84. The van der Waals surface area contributed by atoms with Gasteiger partial charge in [0.25, 0.3) is 5.69 Å². The number of halogens is 1. The standard InChI is InChI=1S/C15H19BrN4O4/c1-15(2,3)24-14(21)18-7-11(17)12-5-8-4-9(20(22)23)6-10(16)13(8)19-12/h4-6,11,19H,7,17H2,1-3H3,(H,18,21). The van der Waals surface area contributed by atoms with Gasteiger partial charge in [-0.1, -0.05) is 0 Å². The van der Waals surface area contributed by atoms with Crippen molar-refractivity contribution in [1.82, 2.24) is 10.3 Å². The van der Waals surface area contributed by atoms with Crippen LogP contribution in [0.15, 0.2) is 22.7 Å². The van der Waals surface area contributed by atoms with E-state index in [0.29, 0.717) is 21.1 Å². The van der Waals surface area contributed by atoms with E-state index < -0.39 is 22.7 Å². The highest BCUT2D eigenvalue weighted by Gasteiger charge is 2.18. The van der Waals surface area contributed by atoms with E-state index in [1.807, 2.05) is 0 Å². The highest BCUT2D eigenvalue weighted by atomic mass is 79.9. The third-order valence-corrected chi connectivity index (χ3v) is 3.79. The number of carbonyl (C=O) groups excluding carboxylic acids is 1. The third kappa shape index (κ3) is 4.45. The number of benzene rings is 1. The summed E-state index contributed by atoms with van der Waals surface area (Å²) in [6.07, 6.45) is -0.550. The predicted octanol–water partition coefficient (Wildman–Crippen LogP) is 3.36. The van der Waals surface area contributed by atoms with Crippen LogP contribution in [0.1, 0.15) is 32.5 Å². The zero-order valence-electron chi connectivity index (χ0n) is 13.6. The maximum atomic E-state index is 11.7. The van der Waals surface area contributed by atoms with E-state index in [1.54, 1.807) is 26.8 Å². The van der Waals surface area contributed by atoms with Gasteiger partial charge >= 0.3 is 6.09 Å². The Morgan fingerprint density at radius 3 is 2.71 bits per heavy atom. The fourth-order valence-corrected chi connectivity index (χ4v) is 2.69. The van der Waals surface area contributed by atoms with Gasteiger partial charge in [0.1, 0.15) is 5.60 Å². The van der Waals surface area contributed by atoms with Crippen molar-refractivity contribution in [3.63, 3.8) is 0 Å². The molecule has 0 radical (unpaired) electrons. The van der Waals surface area contributed by atoms with Gasteiger partial charge in [-0.05, 0) is 42.8 Å². The van der Waals surface area contributed by atoms with Gasteiger partial charge in [-0.3, -0.25) is 10.1 Å². The Morgan fingerprint density at radius 1 is 1.46 bits per heavy atom. The first-order chi connectivity index (χ1) is 11.1. The molecule has 24 heavy (non-hydrogen) atoms. The van der Waals surface area contributed by atoms with Crippen molar-refractivity contribution < 1.29 is 14.5 Å². The van der Waals surface area contributed by atoms with Gasteiger partial charge in [-0.2, -0.15) is 0 Å². The number of carbonyl (C=O) groups is 1. The topological polar surface area (TPSA) is 123 Å². The molecule has 0 saturated heterocycles. The Labute approximate surface area is 147 Å². The molecular formula is C15H19BrN4O4. The molecule has 0 spiro atoms. The summed E-state index contributed by atoms with van der Waals surface area (Å²) >= 11 is 3.31. The SMILES string of the molecule is CC(C)(C)OC(=O)NCC(N)c1cc2cc([N+](=O)[O-])cc(Br)c2[nH]1. The first-order valence-corrected chi connectivity index (χ1v) is 8.05. The molecule has 0 aliphatic rings. The number of aromatic amines is 1. The third-order valence-electron chi connectivity index (χ3n) is 3.16. The van der Waals surface area contributed by atoms with Crippen molar-refractivity contribution in [3.8, 4) is 0 Å². The van der Waals surface area contributed by atoms with Gasteiger partial charge in [0.15, 0.2) is 0 Å². The summed E-state index contributed by atoms with van der Waals surface area (Å²) in [5.74, 6) is 0. The summed E-state index contributed by atoms with van der Waals surface area (Å²) in [7, 11) is 0. The number of amides is 1. The van der Waals surface area contributed by atoms with Crippen LogP contribution in [0.5, 0.6) is 0 Å². The molecule has 1 aromatic carbocycles. The van der Waals surface area contributed by atoms with E-state index in [2.05, 4.69) is 26.2 Å². The monoisotopic (exact) mass is 398 g/mol. The molecule has 0 saturated carbocycles. The number of hydrogen-bond acceptors (Lipinski definition) is 5. The lowest BCUT2D eigenvalue weighted by Gasteiger charge is -2.20. The summed E-state index contributed by atoms with van der Waals surface area (Å²) < 4.78 is 5.72. The second kappa shape index (κ2) is 6.78. The normalized spacial score (nSPS) is 12.9. The zero-order chi connectivity index (χ0) is 18.1. The quantitative estimate of drug-likeness (QED) is 0.537. The van der Waals surface area contributed by atoms with Crippen LogP contribution >= 0.6 is 15.9 Å². The van der Waals surface area contributed by atoms with Gasteiger partial charge in [0, 0.05) is 34.2 Å². The van der Waals surface area contributed by atoms with Crippen molar-refractivity contribution in [3.05, 3.63) is 38.5 Å². The van der Waals surface area contributed by atoms with E-state index in [0.717, 1.165) is 0 Å². The first kappa shape index (κ1) is 18.2. The molecule has 8 nitrogen and oxygen atoms in total. The molecule has 130 valence electrons. The molecule has 9 heteroatoms. The minimum absolute atomic E-state index is 0.0135. The van der Waals surface area contributed by atoms with Gasteiger partial charge in [0.2, 0.25) is 0 Å². The average molecular weight is 399 g/mol.